The first kappa shape index (κ1) is 14.7. The molecule has 2 nitrogen and oxygen atoms in total. The molecular weight excluding hydrogens is 252 g/mol. The van der Waals surface area contributed by atoms with Crippen molar-refractivity contribution in [2.45, 2.75) is 38.8 Å². The molecule has 1 aliphatic rings. The molecule has 0 saturated carbocycles. The topological polar surface area (TPSA) is 15.3 Å². The van der Waals surface area contributed by atoms with Crippen molar-refractivity contribution in [1.29, 1.82) is 0 Å². The van der Waals surface area contributed by atoms with E-state index >= 15 is 0 Å². The molecule has 1 aromatic carbocycles. The number of hydrogen-bond donors (Lipinski definition) is 1. The molecule has 3 heteroatoms. The Morgan fingerprint density at radius 3 is 2.74 bits per heavy atom. The van der Waals surface area contributed by atoms with Crippen LogP contribution in [0.1, 0.15) is 31.7 Å². The van der Waals surface area contributed by atoms with E-state index in [1.165, 1.54) is 49.4 Å². The molecule has 0 bridgehead atoms. The fraction of sp³-hybridized carbons (Fsp3) is 0.625. The SMILES string of the molecule is CSCCC(C)NCc1ccccc1N1CCCC1. The van der Waals surface area contributed by atoms with Gasteiger partial charge in [-0.25, -0.2) is 0 Å². The van der Waals surface area contributed by atoms with Crippen LogP contribution in [0.4, 0.5) is 5.69 Å². The second-order valence-electron chi connectivity index (χ2n) is 5.39. The van der Waals surface area contributed by atoms with Gasteiger partial charge in [-0.3, -0.25) is 0 Å². The molecule has 1 atom stereocenters. The molecule has 0 spiro atoms. The lowest BCUT2D eigenvalue weighted by Crippen LogP contribution is -2.27. The normalized spacial score (nSPS) is 16.8. The summed E-state index contributed by atoms with van der Waals surface area (Å²) in [7, 11) is 0. The summed E-state index contributed by atoms with van der Waals surface area (Å²) in [5, 5.41) is 3.66. The molecule has 1 fully saturated rings. The molecule has 1 aliphatic heterocycles. The number of para-hydroxylation sites is 1. The van der Waals surface area contributed by atoms with Gasteiger partial charge in [-0.05, 0) is 49.8 Å². The number of hydrogen-bond acceptors (Lipinski definition) is 3. The molecule has 1 saturated heterocycles. The summed E-state index contributed by atoms with van der Waals surface area (Å²) < 4.78 is 0. The van der Waals surface area contributed by atoms with E-state index in [0.717, 1.165) is 6.54 Å². The van der Waals surface area contributed by atoms with Crippen LogP contribution in [0.15, 0.2) is 24.3 Å². The zero-order valence-electron chi connectivity index (χ0n) is 12.2. The van der Waals surface area contributed by atoms with Gasteiger partial charge in [0.05, 0.1) is 0 Å². The van der Waals surface area contributed by atoms with Crippen molar-refractivity contribution in [3.63, 3.8) is 0 Å². The maximum absolute atomic E-state index is 3.66. The van der Waals surface area contributed by atoms with Crippen LogP contribution >= 0.6 is 11.8 Å². The molecule has 1 heterocycles. The van der Waals surface area contributed by atoms with Crippen LogP contribution < -0.4 is 10.2 Å². The molecule has 0 aromatic heterocycles. The van der Waals surface area contributed by atoms with Gasteiger partial charge in [-0.1, -0.05) is 18.2 Å². The first-order valence-corrected chi connectivity index (χ1v) is 8.76. The Morgan fingerprint density at radius 1 is 1.26 bits per heavy atom. The van der Waals surface area contributed by atoms with E-state index in [0.29, 0.717) is 6.04 Å². The quantitative estimate of drug-likeness (QED) is 0.821. The van der Waals surface area contributed by atoms with E-state index in [2.05, 4.69) is 47.7 Å². The Balaban J connectivity index is 1.92. The minimum absolute atomic E-state index is 0.596. The third kappa shape index (κ3) is 4.43. The zero-order chi connectivity index (χ0) is 13.5. The molecule has 0 radical (unpaired) electrons. The first-order chi connectivity index (χ1) is 9.31. The highest BCUT2D eigenvalue weighted by molar-refractivity contribution is 7.98. The monoisotopic (exact) mass is 278 g/mol. The van der Waals surface area contributed by atoms with Crippen molar-refractivity contribution in [1.82, 2.24) is 5.32 Å². The Labute approximate surface area is 122 Å². The molecule has 2 rings (SSSR count). The summed E-state index contributed by atoms with van der Waals surface area (Å²) in [4.78, 5) is 2.53. The Kier molecular flexibility index (Phi) is 6.05. The van der Waals surface area contributed by atoms with Crippen LogP contribution in [0.3, 0.4) is 0 Å². The first-order valence-electron chi connectivity index (χ1n) is 7.36. The maximum atomic E-state index is 3.66. The highest BCUT2D eigenvalue weighted by Crippen LogP contribution is 2.24. The lowest BCUT2D eigenvalue weighted by Gasteiger charge is -2.22. The van der Waals surface area contributed by atoms with Crippen molar-refractivity contribution in [3.8, 4) is 0 Å². The number of nitrogens with zero attached hydrogens (tertiary/aromatic N) is 1. The number of thioether (sulfide) groups is 1. The largest absolute Gasteiger partial charge is 0.371 e. The van der Waals surface area contributed by atoms with E-state index < -0.39 is 0 Å². The molecule has 0 amide bonds. The average molecular weight is 278 g/mol. The van der Waals surface area contributed by atoms with Gasteiger partial charge in [-0.15, -0.1) is 0 Å². The number of nitrogens with one attached hydrogen (secondary N) is 1. The zero-order valence-corrected chi connectivity index (χ0v) is 13.0. The highest BCUT2D eigenvalue weighted by atomic mass is 32.2. The predicted octanol–water partition coefficient (Wildman–Crippen LogP) is 3.52. The standard InChI is InChI=1S/C16H26N2S/c1-14(9-12-19-2)17-13-15-7-3-4-8-16(15)18-10-5-6-11-18/h3-4,7-8,14,17H,5-6,9-13H2,1-2H3. The van der Waals surface area contributed by atoms with Crippen molar-refractivity contribution >= 4 is 17.4 Å². The molecule has 106 valence electrons. The van der Waals surface area contributed by atoms with Crippen LogP contribution in [0.25, 0.3) is 0 Å². The van der Waals surface area contributed by atoms with Crippen molar-refractivity contribution < 1.29 is 0 Å². The average Bonchev–Trinajstić information content (AvgIpc) is 2.97. The minimum atomic E-state index is 0.596. The van der Waals surface area contributed by atoms with Gasteiger partial charge in [0.1, 0.15) is 0 Å². The van der Waals surface area contributed by atoms with E-state index in [4.69, 9.17) is 0 Å². The molecule has 1 aromatic rings. The van der Waals surface area contributed by atoms with E-state index in [-0.39, 0.29) is 0 Å². The predicted molar refractivity (Wildman–Crippen MR) is 87.2 cm³/mol. The van der Waals surface area contributed by atoms with Crippen LogP contribution in [0.5, 0.6) is 0 Å². The van der Waals surface area contributed by atoms with Gasteiger partial charge in [0.15, 0.2) is 0 Å². The molecule has 0 aliphatic carbocycles. The third-order valence-electron chi connectivity index (χ3n) is 3.83. The lowest BCUT2D eigenvalue weighted by atomic mass is 10.1. The Hall–Kier alpha value is -0.670. The van der Waals surface area contributed by atoms with Gasteiger partial charge in [0.25, 0.3) is 0 Å². The van der Waals surface area contributed by atoms with E-state index in [1.807, 2.05) is 11.8 Å². The number of rotatable bonds is 7. The summed E-state index contributed by atoms with van der Waals surface area (Å²) >= 11 is 1.93. The summed E-state index contributed by atoms with van der Waals surface area (Å²) in [5.74, 6) is 1.24. The number of benzene rings is 1. The van der Waals surface area contributed by atoms with Crippen LogP contribution in [-0.2, 0) is 6.54 Å². The minimum Gasteiger partial charge on any atom is -0.371 e. The van der Waals surface area contributed by atoms with Crippen molar-refractivity contribution in [2.75, 3.05) is 30.0 Å². The van der Waals surface area contributed by atoms with Gasteiger partial charge in [0, 0.05) is 31.4 Å². The van der Waals surface area contributed by atoms with E-state index in [1.54, 1.807) is 0 Å². The lowest BCUT2D eigenvalue weighted by molar-refractivity contribution is 0.537. The van der Waals surface area contributed by atoms with Crippen LogP contribution in [0, 0.1) is 0 Å². The molecule has 19 heavy (non-hydrogen) atoms. The fourth-order valence-electron chi connectivity index (χ4n) is 2.61. The smallest absolute Gasteiger partial charge is 0.0411 e. The van der Waals surface area contributed by atoms with Gasteiger partial charge in [-0.2, -0.15) is 11.8 Å². The van der Waals surface area contributed by atoms with Gasteiger partial charge >= 0.3 is 0 Å². The fourth-order valence-corrected chi connectivity index (χ4v) is 3.20. The maximum Gasteiger partial charge on any atom is 0.0411 e. The Bertz CT molecular complexity index is 375. The molecule has 1 N–H and O–H groups in total. The molecule has 1 unspecified atom stereocenters. The summed E-state index contributed by atoms with van der Waals surface area (Å²) in [6, 6.07) is 9.45. The van der Waals surface area contributed by atoms with Crippen LogP contribution in [-0.4, -0.2) is 31.1 Å². The molecular formula is C16H26N2S. The third-order valence-corrected chi connectivity index (χ3v) is 4.48. The highest BCUT2D eigenvalue weighted by Gasteiger charge is 2.15. The Morgan fingerprint density at radius 2 is 2.00 bits per heavy atom. The second kappa shape index (κ2) is 7.81. The number of anilines is 1. The van der Waals surface area contributed by atoms with E-state index in [9.17, 15) is 0 Å². The van der Waals surface area contributed by atoms with Gasteiger partial charge < -0.3 is 10.2 Å². The summed E-state index contributed by atoms with van der Waals surface area (Å²) in [6.45, 7) is 5.72. The second-order valence-corrected chi connectivity index (χ2v) is 6.37. The summed E-state index contributed by atoms with van der Waals surface area (Å²) in [5.41, 5.74) is 2.88. The van der Waals surface area contributed by atoms with Crippen molar-refractivity contribution in [3.05, 3.63) is 29.8 Å². The summed E-state index contributed by atoms with van der Waals surface area (Å²) in [6.07, 6.45) is 6.10. The van der Waals surface area contributed by atoms with Crippen molar-refractivity contribution in [2.24, 2.45) is 0 Å². The van der Waals surface area contributed by atoms with Gasteiger partial charge in [0.2, 0.25) is 0 Å². The van der Waals surface area contributed by atoms with Crippen LogP contribution in [0.2, 0.25) is 0 Å².